The highest BCUT2D eigenvalue weighted by Crippen LogP contribution is 2.35. The Kier molecular flexibility index (Phi) is 5.19. The van der Waals surface area contributed by atoms with E-state index in [2.05, 4.69) is 30.6 Å². The van der Waals surface area contributed by atoms with Crippen molar-refractivity contribution >= 4 is 22.9 Å². The summed E-state index contributed by atoms with van der Waals surface area (Å²) < 4.78 is 13.6. The van der Waals surface area contributed by atoms with E-state index >= 15 is 0 Å². The van der Waals surface area contributed by atoms with Crippen molar-refractivity contribution < 1.29 is 4.39 Å². The number of thiophene rings is 1. The minimum atomic E-state index is -0.254. The van der Waals surface area contributed by atoms with E-state index in [1.807, 2.05) is 6.07 Å². The predicted molar refractivity (Wildman–Crippen MR) is 85.4 cm³/mol. The van der Waals surface area contributed by atoms with Crippen LogP contribution >= 0.6 is 22.9 Å². The molecule has 1 atom stereocenters. The van der Waals surface area contributed by atoms with Crippen molar-refractivity contribution in [2.75, 3.05) is 6.54 Å². The third kappa shape index (κ3) is 3.05. The quantitative estimate of drug-likeness (QED) is 0.809. The maximum absolute atomic E-state index is 13.6. The molecule has 0 saturated heterocycles. The first-order valence-electron chi connectivity index (χ1n) is 6.83. The standard InChI is InChI=1S/C16H19ClFNS/c1-4-11-6-7-20-16(11)15(19-5-2)12-8-10(3)14(18)9-13(12)17/h6-9,15,19H,4-5H2,1-3H3. The Morgan fingerprint density at radius 3 is 2.75 bits per heavy atom. The van der Waals surface area contributed by atoms with Gasteiger partial charge in [-0.2, -0.15) is 0 Å². The Morgan fingerprint density at radius 2 is 2.10 bits per heavy atom. The van der Waals surface area contributed by atoms with E-state index in [0.29, 0.717) is 10.6 Å². The van der Waals surface area contributed by atoms with Gasteiger partial charge in [-0.15, -0.1) is 11.3 Å². The van der Waals surface area contributed by atoms with Gasteiger partial charge in [-0.05, 0) is 60.2 Å². The number of hydrogen-bond donors (Lipinski definition) is 1. The molecule has 0 fully saturated rings. The summed E-state index contributed by atoms with van der Waals surface area (Å²) in [5.74, 6) is -0.254. The molecule has 2 aromatic rings. The molecule has 0 radical (unpaired) electrons. The molecule has 0 aliphatic carbocycles. The molecule has 1 aromatic carbocycles. The molecular formula is C16H19ClFNS. The number of hydrogen-bond acceptors (Lipinski definition) is 2. The molecule has 0 aliphatic rings. The maximum atomic E-state index is 13.6. The summed E-state index contributed by atoms with van der Waals surface area (Å²) in [4.78, 5) is 1.27. The van der Waals surface area contributed by atoms with Crippen LogP contribution in [0.2, 0.25) is 5.02 Å². The van der Waals surface area contributed by atoms with Crippen LogP contribution in [0.4, 0.5) is 4.39 Å². The SMILES string of the molecule is CCNC(c1cc(C)c(F)cc1Cl)c1sccc1CC. The zero-order valence-electron chi connectivity index (χ0n) is 12.0. The first-order valence-corrected chi connectivity index (χ1v) is 8.09. The highest BCUT2D eigenvalue weighted by molar-refractivity contribution is 7.10. The molecule has 1 heterocycles. The molecule has 1 unspecified atom stereocenters. The normalized spacial score (nSPS) is 12.7. The smallest absolute Gasteiger partial charge is 0.127 e. The second-order valence-corrected chi connectivity index (χ2v) is 6.13. The summed E-state index contributed by atoms with van der Waals surface area (Å²) >= 11 is 7.99. The van der Waals surface area contributed by atoms with Crippen molar-refractivity contribution in [2.24, 2.45) is 0 Å². The lowest BCUT2D eigenvalue weighted by Crippen LogP contribution is -2.22. The summed E-state index contributed by atoms with van der Waals surface area (Å²) in [6.45, 7) is 6.81. The van der Waals surface area contributed by atoms with Crippen LogP contribution < -0.4 is 5.32 Å². The van der Waals surface area contributed by atoms with E-state index < -0.39 is 0 Å². The van der Waals surface area contributed by atoms with Gasteiger partial charge in [0.15, 0.2) is 0 Å². The van der Waals surface area contributed by atoms with Gasteiger partial charge in [0, 0.05) is 9.90 Å². The molecule has 0 bridgehead atoms. The first kappa shape index (κ1) is 15.5. The summed E-state index contributed by atoms with van der Waals surface area (Å²) in [7, 11) is 0. The molecule has 1 N–H and O–H groups in total. The van der Waals surface area contributed by atoms with Crippen molar-refractivity contribution in [2.45, 2.75) is 33.2 Å². The fraction of sp³-hybridized carbons (Fsp3) is 0.375. The largest absolute Gasteiger partial charge is 0.306 e. The van der Waals surface area contributed by atoms with Gasteiger partial charge in [0.1, 0.15) is 5.82 Å². The van der Waals surface area contributed by atoms with Crippen LogP contribution in [0.5, 0.6) is 0 Å². The molecule has 4 heteroatoms. The van der Waals surface area contributed by atoms with E-state index in [1.165, 1.54) is 16.5 Å². The van der Waals surface area contributed by atoms with Gasteiger partial charge >= 0.3 is 0 Å². The van der Waals surface area contributed by atoms with E-state index in [4.69, 9.17) is 11.6 Å². The molecule has 0 amide bonds. The molecular weight excluding hydrogens is 293 g/mol. The summed E-state index contributed by atoms with van der Waals surface area (Å²) in [6, 6.07) is 5.44. The Morgan fingerprint density at radius 1 is 1.35 bits per heavy atom. The molecule has 108 valence electrons. The minimum Gasteiger partial charge on any atom is -0.306 e. The maximum Gasteiger partial charge on any atom is 0.127 e. The average Bonchev–Trinajstić information content (AvgIpc) is 2.88. The van der Waals surface area contributed by atoms with Crippen molar-refractivity contribution in [1.29, 1.82) is 0 Å². The summed E-state index contributed by atoms with van der Waals surface area (Å²) in [5.41, 5.74) is 2.89. The number of benzene rings is 1. The zero-order valence-corrected chi connectivity index (χ0v) is 13.5. The molecule has 2 rings (SSSR count). The van der Waals surface area contributed by atoms with Crippen LogP contribution in [-0.4, -0.2) is 6.54 Å². The lowest BCUT2D eigenvalue weighted by atomic mass is 9.99. The second-order valence-electron chi connectivity index (χ2n) is 4.78. The Balaban J connectivity index is 2.51. The van der Waals surface area contributed by atoms with Gasteiger partial charge in [0.25, 0.3) is 0 Å². The summed E-state index contributed by atoms with van der Waals surface area (Å²) in [6.07, 6.45) is 0.985. The van der Waals surface area contributed by atoms with Gasteiger partial charge in [0.2, 0.25) is 0 Å². The molecule has 0 aliphatic heterocycles. The van der Waals surface area contributed by atoms with Crippen molar-refractivity contribution in [1.82, 2.24) is 5.32 Å². The van der Waals surface area contributed by atoms with E-state index in [-0.39, 0.29) is 11.9 Å². The van der Waals surface area contributed by atoms with Gasteiger partial charge < -0.3 is 5.32 Å². The second kappa shape index (κ2) is 6.70. The Labute approximate surface area is 128 Å². The number of aryl methyl sites for hydroxylation is 2. The topological polar surface area (TPSA) is 12.0 Å². The van der Waals surface area contributed by atoms with Gasteiger partial charge in [-0.3, -0.25) is 0 Å². The fourth-order valence-electron chi connectivity index (χ4n) is 2.34. The zero-order chi connectivity index (χ0) is 14.7. The van der Waals surface area contributed by atoms with Gasteiger partial charge in [-0.25, -0.2) is 4.39 Å². The lowest BCUT2D eigenvalue weighted by Gasteiger charge is -2.21. The third-order valence-corrected chi connectivity index (χ3v) is 4.77. The lowest BCUT2D eigenvalue weighted by molar-refractivity contribution is 0.608. The number of rotatable bonds is 5. The van der Waals surface area contributed by atoms with Crippen molar-refractivity contribution in [3.63, 3.8) is 0 Å². The van der Waals surface area contributed by atoms with Crippen LogP contribution in [0.15, 0.2) is 23.6 Å². The third-order valence-electron chi connectivity index (χ3n) is 3.42. The highest BCUT2D eigenvalue weighted by atomic mass is 35.5. The van der Waals surface area contributed by atoms with Gasteiger partial charge in [0.05, 0.1) is 6.04 Å². The van der Waals surface area contributed by atoms with Crippen LogP contribution in [0.25, 0.3) is 0 Å². The van der Waals surface area contributed by atoms with E-state index in [9.17, 15) is 4.39 Å². The van der Waals surface area contributed by atoms with E-state index in [0.717, 1.165) is 18.5 Å². The van der Waals surface area contributed by atoms with Crippen molar-refractivity contribution in [3.8, 4) is 0 Å². The Hall–Kier alpha value is -0.900. The van der Waals surface area contributed by atoms with Crippen LogP contribution in [0.1, 0.15) is 41.5 Å². The van der Waals surface area contributed by atoms with Crippen LogP contribution in [0, 0.1) is 12.7 Å². The Bertz CT molecular complexity index is 594. The molecule has 1 nitrogen and oxygen atoms in total. The molecule has 0 spiro atoms. The van der Waals surface area contributed by atoms with Gasteiger partial charge in [-0.1, -0.05) is 25.4 Å². The van der Waals surface area contributed by atoms with Crippen molar-refractivity contribution in [3.05, 3.63) is 56.0 Å². The average molecular weight is 312 g/mol. The number of nitrogens with one attached hydrogen (secondary N) is 1. The molecule has 0 saturated carbocycles. The fourth-order valence-corrected chi connectivity index (χ4v) is 3.69. The molecule has 1 aromatic heterocycles. The monoisotopic (exact) mass is 311 g/mol. The predicted octanol–water partition coefficient (Wildman–Crippen LogP) is 5.11. The highest BCUT2D eigenvalue weighted by Gasteiger charge is 2.21. The number of halogens is 2. The molecule has 20 heavy (non-hydrogen) atoms. The summed E-state index contributed by atoms with van der Waals surface area (Å²) in [5, 5.41) is 6.05. The first-order chi connectivity index (χ1) is 9.58. The van der Waals surface area contributed by atoms with E-state index in [1.54, 1.807) is 18.3 Å². The minimum absolute atomic E-state index is 0.0294. The van der Waals surface area contributed by atoms with Crippen LogP contribution in [-0.2, 0) is 6.42 Å². The van der Waals surface area contributed by atoms with Crippen LogP contribution in [0.3, 0.4) is 0 Å².